The van der Waals surface area contributed by atoms with Gasteiger partial charge in [0.15, 0.2) is 0 Å². The number of carbonyl (C=O) groups is 1. The molecule has 6 nitrogen and oxygen atoms in total. The van der Waals surface area contributed by atoms with Crippen LogP contribution < -0.4 is 0 Å². The van der Waals surface area contributed by atoms with Gasteiger partial charge in [-0.25, -0.2) is 9.78 Å². The Morgan fingerprint density at radius 3 is 2.69 bits per heavy atom. The summed E-state index contributed by atoms with van der Waals surface area (Å²) in [7, 11) is 1.93. The van der Waals surface area contributed by atoms with Gasteiger partial charge >= 0.3 is 6.09 Å². The molecule has 4 aromatic rings. The van der Waals surface area contributed by atoms with Crippen LogP contribution >= 0.6 is 11.3 Å². The van der Waals surface area contributed by atoms with Crippen molar-refractivity contribution in [1.82, 2.24) is 19.7 Å². The number of hydrogen-bond acceptors (Lipinski definition) is 4. The van der Waals surface area contributed by atoms with E-state index in [-0.39, 0.29) is 6.04 Å². The van der Waals surface area contributed by atoms with Crippen LogP contribution in [0.1, 0.15) is 18.4 Å². The summed E-state index contributed by atoms with van der Waals surface area (Å²) in [5.74, 6) is 0. The summed E-state index contributed by atoms with van der Waals surface area (Å²) in [5, 5.41) is 15.8. The largest absolute Gasteiger partial charge is 0.465 e. The number of fused-ring (bicyclic) bond motifs is 2. The molecule has 0 saturated heterocycles. The molecule has 0 spiro atoms. The molecule has 1 unspecified atom stereocenters. The van der Waals surface area contributed by atoms with Crippen LogP contribution in [0.2, 0.25) is 0 Å². The highest BCUT2D eigenvalue weighted by Crippen LogP contribution is 2.35. The lowest BCUT2D eigenvalue weighted by Gasteiger charge is -2.29. The first-order chi connectivity index (χ1) is 14.0. The molecule has 1 N–H and O–H groups in total. The summed E-state index contributed by atoms with van der Waals surface area (Å²) in [6, 6.07) is 12.6. The van der Waals surface area contributed by atoms with Crippen molar-refractivity contribution in [3.8, 4) is 11.1 Å². The molecule has 1 amide bonds. The van der Waals surface area contributed by atoms with Crippen LogP contribution in [0.3, 0.4) is 0 Å². The molecule has 1 aliphatic heterocycles. The fraction of sp³-hybridized carbons (Fsp3) is 0.227. The number of nitrogens with zero attached hydrogens (tertiary/aromatic N) is 4. The molecule has 0 aliphatic carbocycles. The van der Waals surface area contributed by atoms with Crippen LogP contribution in [-0.4, -0.2) is 43.5 Å². The molecule has 29 heavy (non-hydrogen) atoms. The Morgan fingerprint density at radius 1 is 1.17 bits per heavy atom. The molecule has 146 valence electrons. The summed E-state index contributed by atoms with van der Waals surface area (Å²) >= 11 is 1.67. The molecular formula is C22H20N4O2S. The van der Waals surface area contributed by atoms with E-state index in [0.717, 1.165) is 42.8 Å². The second-order valence-electron chi connectivity index (χ2n) is 7.50. The molecule has 0 bridgehead atoms. The topological polar surface area (TPSA) is 71.2 Å². The van der Waals surface area contributed by atoms with E-state index in [2.05, 4.69) is 41.5 Å². The lowest BCUT2D eigenvalue weighted by molar-refractivity contribution is 0.133. The summed E-state index contributed by atoms with van der Waals surface area (Å²) in [6.45, 7) is 2.36. The average Bonchev–Trinajstić information content (AvgIpc) is 3.28. The highest BCUT2D eigenvalue weighted by atomic mass is 32.1. The van der Waals surface area contributed by atoms with Gasteiger partial charge in [0, 0.05) is 31.2 Å². The molecule has 3 heterocycles. The lowest BCUT2D eigenvalue weighted by Crippen LogP contribution is -2.40. The van der Waals surface area contributed by atoms with Crippen LogP contribution in [0.5, 0.6) is 0 Å². The number of aromatic nitrogens is 3. The maximum atomic E-state index is 11.3. The summed E-state index contributed by atoms with van der Waals surface area (Å²) in [4.78, 5) is 17.5. The normalized spacial score (nSPS) is 17.1. The van der Waals surface area contributed by atoms with Gasteiger partial charge in [0.05, 0.1) is 15.7 Å². The fourth-order valence-electron chi connectivity index (χ4n) is 3.91. The minimum atomic E-state index is -0.868. The maximum Gasteiger partial charge on any atom is 0.407 e. The van der Waals surface area contributed by atoms with Crippen LogP contribution in [0, 0.1) is 0 Å². The van der Waals surface area contributed by atoms with Gasteiger partial charge in [0.25, 0.3) is 0 Å². The van der Waals surface area contributed by atoms with E-state index >= 15 is 0 Å². The summed E-state index contributed by atoms with van der Waals surface area (Å²) in [6.07, 6.45) is 3.84. The first kappa shape index (κ1) is 17.9. The number of carboxylic acid groups (broad SMARTS) is 1. The minimum absolute atomic E-state index is 0.0405. The quantitative estimate of drug-likeness (QED) is 0.510. The Hall–Kier alpha value is -3.19. The molecule has 0 saturated carbocycles. The van der Waals surface area contributed by atoms with Gasteiger partial charge in [-0.15, -0.1) is 11.3 Å². The molecule has 0 radical (unpaired) electrons. The fourth-order valence-corrected chi connectivity index (χ4v) is 4.97. The van der Waals surface area contributed by atoms with Crippen LogP contribution in [0.25, 0.3) is 37.8 Å². The van der Waals surface area contributed by atoms with E-state index in [0.29, 0.717) is 13.0 Å². The van der Waals surface area contributed by atoms with Crippen molar-refractivity contribution >= 4 is 44.1 Å². The highest BCUT2D eigenvalue weighted by molar-refractivity contribution is 7.19. The third kappa shape index (κ3) is 3.17. The van der Waals surface area contributed by atoms with Crippen molar-refractivity contribution in [3.05, 3.63) is 53.7 Å². The third-order valence-corrected chi connectivity index (χ3v) is 6.54. The zero-order valence-electron chi connectivity index (χ0n) is 16.2. The first-order valence-corrected chi connectivity index (χ1v) is 10.3. The molecule has 0 fully saturated rings. The first-order valence-electron chi connectivity index (χ1n) is 9.51. The van der Waals surface area contributed by atoms with Crippen molar-refractivity contribution in [2.24, 2.45) is 7.05 Å². The Bertz CT molecular complexity index is 1290. The van der Waals surface area contributed by atoms with Gasteiger partial charge in [-0.2, -0.15) is 5.10 Å². The smallest absolute Gasteiger partial charge is 0.407 e. The van der Waals surface area contributed by atoms with Crippen molar-refractivity contribution in [2.45, 2.75) is 19.4 Å². The molecule has 7 heteroatoms. The van der Waals surface area contributed by atoms with Gasteiger partial charge in [-0.05, 0) is 54.3 Å². The van der Waals surface area contributed by atoms with E-state index in [4.69, 9.17) is 4.98 Å². The summed E-state index contributed by atoms with van der Waals surface area (Å²) < 4.78 is 2.97. The van der Waals surface area contributed by atoms with E-state index in [1.54, 1.807) is 11.3 Å². The van der Waals surface area contributed by atoms with Gasteiger partial charge in [0.1, 0.15) is 5.01 Å². The highest BCUT2D eigenvalue weighted by Gasteiger charge is 2.25. The second kappa shape index (κ2) is 6.70. The van der Waals surface area contributed by atoms with E-state index < -0.39 is 6.09 Å². The number of thiazole rings is 1. The average molecular weight is 404 g/mol. The lowest BCUT2D eigenvalue weighted by atomic mass is 10.0. The van der Waals surface area contributed by atoms with Crippen LogP contribution in [0.15, 0.2) is 48.7 Å². The van der Waals surface area contributed by atoms with Crippen LogP contribution in [0.4, 0.5) is 4.79 Å². The predicted octanol–water partition coefficient (Wildman–Crippen LogP) is 5.01. The van der Waals surface area contributed by atoms with Crippen molar-refractivity contribution < 1.29 is 9.90 Å². The molecule has 1 atom stereocenters. The zero-order chi connectivity index (χ0) is 20.1. The van der Waals surface area contributed by atoms with Gasteiger partial charge in [-0.3, -0.25) is 4.68 Å². The molecule has 2 aromatic heterocycles. The molecular weight excluding hydrogens is 384 g/mol. The van der Waals surface area contributed by atoms with Crippen LogP contribution in [-0.2, 0) is 7.05 Å². The standard InChI is InChI=1S/C22H20N4O2S/c1-13-9-16(7-8-26(13)22(27)28)21-23-19-6-4-15(11-20(19)29-21)14-3-5-18-17(10-14)12-25(2)24-18/h3-7,10-13H,8-9H2,1-2H3,(H,27,28). The maximum absolute atomic E-state index is 11.3. The summed E-state index contributed by atoms with van der Waals surface area (Å²) in [5.41, 5.74) is 5.41. The zero-order valence-corrected chi connectivity index (χ0v) is 17.0. The van der Waals surface area contributed by atoms with Gasteiger partial charge in [0.2, 0.25) is 0 Å². The van der Waals surface area contributed by atoms with Crippen molar-refractivity contribution in [2.75, 3.05) is 6.54 Å². The number of aryl methyl sites for hydroxylation is 1. The number of hydrogen-bond donors (Lipinski definition) is 1. The number of amides is 1. The monoisotopic (exact) mass is 404 g/mol. The SMILES string of the molecule is CC1CC(c2nc3ccc(-c4ccc5nn(C)cc5c4)cc3s2)=CCN1C(=O)O. The van der Waals surface area contributed by atoms with Gasteiger partial charge in [-0.1, -0.05) is 18.2 Å². The van der Waals surface area contributed by atoms with E-state index in [1.165, 1.54) is 4.90 Å². The van der Waals surface area contributed by atoms with Crippen molar-refractivity contribution in [3.63, 3.8) is 0 Å². The third-order valence-electron chi connectivity index (χ3n) is 5.44. The van der Waals surface area contributed by atoms with Gasteiger partial charge < -0.3 is 10.0 Å². The molecule has 5 rings (SSSR count). The Balaban J connectivity index is 1.49. The number of rotatable bonds is 2. The van der Waals surface area contributed by atoms with E-state index in [9.17, 15) is 9.90 Å². The number of benzene rings is 2. The molecule has 2 aromatic carbocycles. The van der Waals surface area contributed by atoms with Crippen molar-refractivity contribution in [1.29, 1.82) is 0 Å². The predicted molar refractivity (Wildman–Crippen MR) is 116 cm³/mol. The Morgan fingerprint density at radius 2 is 1.93 bits per heavy atom. The Kier molecular flexibility index (Phi) is 4.13. The molecule has 1 aliphatic rings. The minimum Gasteiger partial charge on any atom is -0.465 e. The second-order valence-corrected chi connectivity index (χ2v) is 8.53. The van der Waals surface area contributed by atoms with E-state index in [1.807, 2.05) is 30.9 Å². The Labute approximate surface area is 171 Å².